The normalized spacial score (nSPS) is 12.1. The minimum absolute atomic E-state index is 0.932. The monoisotopic (exact) mass is 476 g/mol. The van der Waals surface area contributed by atoms with Gasteiger partial charge in [-0.1, -0.05) is 95.0 Å². The Kier molecular flexibility index (Phi) is 6.68. The van der Waals surface area contributed by atoms with Crippen LogP contribution in [0.2, 0.25) is 0 Å². The van der Waals surface area contributed by atoms with E-state index in [0.29, 0.717) is 0 Å². The summed E-state index contributed by atoms with van der Waals surface area (Å²) in [4.78, 5) is 0. The zero-order valence-electron chi connectivity index (χ0n) is 21.4. The first-order chi connectivity index (χ1) is 17.8. The molecular formula is C34H36O2. The zero-order valence-corrected chi connectivity index (χ0v) is 21.4. The van der Waals surface area contributed by atoms with E-state index in [1.807, 2.05) is 12.1 Å². The van der Waals surface area contributed by atoms with Gasteiger partial charge in [-0.25, -0.2) is 0 Å². The van der Waals surface area contributed by atoms with Gasteiger partial charge < -0.3 is 8.83 Å². The van der Waals surface area contributed by atoms with Crippen molar-refractivity contribution in [2.45, 2.75) is 77.6 Å². The summed E-state index contributed by atoms with van der Waals surface area (Å²) >= 11 is 0. The number of aryl methyl sites for hydroxylation is 1. The summed E-state index contributed by atoms with van der Waals surface area (Å²) in [5.41, 5.74) is 5.21. The van der Waals surface area contributed by atoms with Gasteiger partial charge >= 0.3 is 0 Å². The average molecular weight is 477 g/mol. The second-order valence-electron chi connectivity index (χ2n) is 10.4. The van der Waals surface area contributed by atoms with E-state index in [-0.39, 0.29) is 0 Å². The van der Waals surface area contributed by atoms with Crippen LogP contribution in [0, 0.1) is 0 Å². The fraction of sp³-hybridized carbons (Fsp3) is 0.353. The number of benzene rings is 4. The Morgan fingerprint density at radius 1 is 0.472 bits per heavy atom. The minimum Gasteiger partial charge on any atom is -0.455 e. The molecule has 0 aliphatic carbocycles. The Morgan fingerprint density at radius 2 is 0.972 bits per heavy atom. The van der Waals surface area contributed by atoms with Crippen molar-refractivity contribution < 1.29 is 8.83 Å². The minimum atomic E-state index is 0.932. The van der Waals surface area contributed by atoms with Crippen LogP contribution in [-0.2, 0) is 6.42 Å². The smallest absolute Gasteiger partial charge is 0.143 e. The molecule has 0 fully saturated rings. The van der Waals surface area contributed by atoms with E-state index in [1.54, 1.807) is 0 Å². The molecule has 0 N–H and O–H groups in total. The first-order valence-corrected chi connectivity index (χ1v) is 14.0. The summed E-state index contributed by atoms with van der Waals surface area (Å²) in [6, 6.07) is 23.8. The highest BCUT2D eigenvalue weighted by Crippen LogP contribution is 2.39. The highest BCUT2D eigenvalue weighted by Gasteiger charge is 2.15. The van der Waals surface area contributed by atoms with Gasteiger partial charge in [0.15, 0.2) is 0 Å². The van der Waals surface area contributed by atoms with Crippen LogP contribution in [0.4, 0.5) is 0 Å². The Bertz CT molecular complexity index is 1630. The van der Waals surface area contributed by atoms with Gasteiger partial charge in [0.1, 0.15) is 22.3 Å². The third-order valence-corrected chi connectivity index (χ3v) is 7.86. The predicted octanol–water partition coefficient (Wildman–Crippen LogP) is 11.1. The third kappa shape index (κ3) is 4.39. The van der Waals surface area contributed by atoms with Gasteiger partial charge in [0, 0.05) is 32.3 Å². The highest BCUT2D eigenvalue weighted by atomic mass is 16.3. The summed E-state index contributed by atoms with van der Waals surface area (Å²) in [5, 5.41) is 6.93. The standard InChI is InChI=1S/C34H36O2/c1-2-3-4-5-6-7-8-9-10-11-14-24-17-18-26-28-20-22-29-30(34(28)36-32(26)23-24)21-19-27-25-15-12-13-16-31(25)35-33(27)29/h12-13,15-23H,2-11,14H2,1H3. The van der Waals surface area contributed by atoms with E-state index in [1.165, 1.54) is 80.5 Å². The summed E-state index contributed by atoms with van der Waals surface area (Å²) < 4.78 is 12.8. The molecule has 0 radical (unpaired) electrons. The molecule has 2 heteroatoms. The quantitative estimate of drug-likeness (QED) is 0.174. The van der Waals surface area contributed by atoms with Crippen LogP contribution < -0.4 is 0 Å². The number of rotatable bonds is 11. The second kappa shape index (κ2) is 10.4. The Labute approximate surface area is 213 Å². The van der Waals surface area contributed by atoms with Gasteiger partial charge in [-0.05, 0) is 54.8 Å². The number of furan rings is 2. The lowest BCUT2D eigenvalue weighted by atomic mass is 10.0. The molecule has 0 aliphatic heterocycles. The molecule has 184 valence electrons. The van der Waals surface area contributed by atoms with Gasteiger partial charge in [0.2, 0.25) is 0 Å². The molecule has 4 aromatic carbocycles. The molecule has 0 saturated heterocycles. The second-order valence-corrected chi connectivity index (χ2v) is 10.4. The van der Waals surface area contributed by atoms with Crippen LogP contribution in [0.1, 0.15) is 76.7 Å². The van der Waals surface area contributed by atoms with Gasteiger partial charge in [0.25, 0.3) is 0 Å². The number of fused-ring (bicyclic) bond motifs is 9. The molecule has 6 aromatic rings. The van der Waals surface area contributed by atoms with Crippen molar-refractivity contribution >= 4 is 54.6 Å². The van der Waals surface area contributed by atoms with Crippen LogP contribution in [0.25, 0.3) is 54.6 Å². The summed E-state index contributed by atoms with van der Waals surface area (Å²) in [6.07, 6.45) is 14.9. The molecule has 36 heavy (non-hydrogen) atoms. The van der Waals surface area contributed by atoms with Gasteiger partial charge in [-0.15, -0.1) is 0 Å². The van der Waals surface area contributed by atoms with Crippen LogP contribution in [0.3, 0.4) is 0 Å². The summed E-state index contributed by atoms with van der Waals surface area (Å²) in [5.74, 6) is 0. The Morgan fingerprint density at radius 3 is 1.64 bits per heavy atom. The van der Waals surface area contributed by atoms with Crippen molar-refractivity contribution in [1.29, 1.82) is 0 Å². The average Bonchev–Trinajstić information content (AvgIpc) is 3.48. The molecule has 2 heterocycles. The SMILES string of the molecule is CCCCCCCCCCCCc1ccc2c(c1)oc1c2ccc2c1ccc1c3ccccc3oc12. The van der Waals surface area contributed by atoms with E-state index >= 15 is 0 Å². The molecule has 0 saturated carbocycles. The van der Waals surface area contributed by atoms with Crippen molar-refractivity contribution in [2.75, 3.05) is 0 Å². The Hall–Kier alpha value is -3.26. The molecule has 2 aromatic heterocycles. The van der Waals surface area contributed by atoms with Crippen LogP contribution >= 0.6 is 0 Å². The fourth-order valence-electron chi connectivity index (χ4n) is 5.84. The van der Waals surface area contributed by atoms with Crippen LogP contribution in [-0.4, -0.2) is 0 Å². The van der Waals surface area contributed by atoms with Crippen molar-refractivity contribution in [1.82, 2.24) is 0 Å². The molecule has 0 unspecified atom stereocenters. The zero-order chi connectivity index (χ0) is 24.3. The number of hydrogen-bond donors (Lipinski definition) is 0. The third-order valence-electron chi connectivity index (χ3n) is 7.86. The topological polar surface area (TPSA) is 26.3 Å². The van der Waals surface area contributed by atoms with Crippen LogP contribution in [0.5, 0.6) is 0 Å². The first-order valence-electron chi connectivity index (χ1n) is 14.0. The Balaban J connectivity index is 1.18. The molecule has 0 bridgehead atoms. The van der Waals surface area contributed by atoms with Crippen molar-refractivity contribution in [3.8, 4) is 0 Å². The van der Waals surface area contributed by atoms with Crippen molar-refractivity contribution in [3.63, 3.8) is 0 Å². The highest BCUT2D eigenvalue weighted by molar-refractivity contribution is 6.22. The fourth-order valence-corrected chi connectivity index (χ4v) is 5.84. The molecule has 0 aliphatic rings. The van der Waals surface area contributed by atoms with E-state index in [0.717, 1.165) is 50.3 Å². The largest absolute Gasteiger partial charge is 0.455 e. The molecular weight excluding hydrogens is 440 g/mol. The van der Waals surface area contributed by atoms with E-state index < -0.39 is 0 Å². The van der Waals surface area contributed by atoms with Gasteiger partial charge in [-0.3, -0.25) is 0 Å². The van der Waals surface area contributed by atoms with Crippen molar-refractivity contribution in [3.05, 3.63) is 72.3 Å². The lowest BCUT2D eigenvalue weighted by molar-refractivity contribution is 0.556. The summed E-state index contributed by atoms with van der Waals surface area (Å²) in [7, 11) is 0. The molecule has 0 spiro atoms. The van der Waals surface area contributed by atoms with E-state index in [4.69, 9.17) is 8.83 Å². The molecule has 0 atom stereocenters. The van der Waals surface area contributed by atoms with Gasteiger partial charge in [0.05, 0.1) is 0 Å². The molecule has 6 rings (SSSR count). The lowest BCUT2D eigenvalue weighted by Crippen LogP contribution is -1.86. The van der Waals surface area contributed by atoms with Crippen molar-refractivity contribution in [2.24, 2.45) is 0 Å². The first kappa shape index (κ1) is 23.2. The number of hydrogen-bond acceptors (Lipinski definition) is 2. The summed E-state index contributed by atoms with van der Waals surface area (Å²) in [6.45, 7) is 2.29. The van der Waals surface area contributed by atoms with E-state index in [2.05, 4.69) is 61.5 Å². The maximum Gasteiger partial charge on any atom is 0.143 e. The predicted molar refractivity (Wildman–Crippen MR) is 154 cm³/mol. The number of para-hydroxylation sites is 1. The lowest BCUT2D eigenvalue weighted by Gasteiger charge is -2.03. The molecule has 2 nitrogen and oxygen atoms in total. The van der Waals surface area contributed by atoms with E-state index in [9.17, 15) is 0 Å². The maximum absolute atomic E-state index is 6.49. The van der Waals surface area contributed by atoms with Gasteiger partial charge in [-0.2, -0.15) is 0 Å². The molecule has 0 amide bonds. The van der Waals surface area contributed by atoms with Crippen LogP contribution in [0.15, 0.2) is 75.6 Å². The number of unbranched alkanes of at least 4 members (excludes halogenated alkanes) is 9. The maximum atomic E-state index is 6.49.